The lowest BCUT2D eigenvalue weighted by molar-refractivity contribution is -0.134. The minimum Gasteiger partial charge on any atom is -0.480 e. The van der Waals surface area contributed by atoms with E-state index in [1.54, 1.807) is 6.07 Å². The van der Waals surface area contributed by atoms with Crippen molar-refractivity contribution in [2.45, 2.75) is 5.75 Å². The lowest BCUT2D eigenvalue weighted by Gasteiger charge is -2.04. The highest BCUT2D eigenvalue weighted by Gasteiger charge is 2.19. The maximum atomic E-state index is 13.5. The van der Waals surface area contributed by atoms with E-state index in [0.717, 1.165) is 0 Å². The average molecular weight is 257 g/mol. The van der Waals surface area contributed by atoms with Gasteiger partial charge in [0.05, 0.1) is 11.3 Å². The van der Waals surface area contributed by atoms with Crippen LogP contribution in [0.4, 0.5) is 4.39 Å². The number of carboxylic acids is 1. The molecule has 0 radical (unpaired) electrons. The molecule has 0 aromatic heterocycles. The van der Waals surface area contributed by atoms with Crippen LogP contribution in [0.15, 0.2) is 18.2 Å². The number of benzene rings is 1. The van der Waals surface area contributed by atoms with Crippen molar-refractivity contribution < 1.29 is 22.7 Å². The van der Waals surface area contributed by atoms with Gasteiger partial charge in [-0.2, -0.15) is 5.26 Å². The lowest BCUT2D eigenvalue weighted by atomic mass is 10.1. The SMILES string of the molecule is N#Cc1cccc(CS(=O)(=O)CC(=O)O)c1F. The molecule has 0 aliphatic heterocycles. The van der Waals surface area contributed by atoms with Gasteiger partial charge in [-0.3, -0.25) is 4.79 Å². The largest absolute Gasteiger partial charge is 0.480 e. The van der Waals surface area contributed by atoms with E-state index in [4.69, 9.17) is 10.4 Å². The number of carbonyl (C=O) groups is 1. The van der Waals surface area contributed by atoms with Gasteiger partial charge in [0.15, 0.2) is 9.84 Å². The molecule has 90 valence electrons. The van der Waals surface area contributed by atoms with Gasteiger partial charge >= 0.3 is 5.97 Å². The number of rotatable bonds is 4. The normalized spacial score (nSPS) is 10.8. The van der Waals surface area contributed by atoms with Crippen molar-refractivity contribution in [3.05, 3.63) is 35.1 Å². The van der Waals surface area contributed by atoms with Crippen molar-refractivity contribution in [2.75, 3.05) is 5.75 Å². The first-order valence-corrected chi connectivity index (χ1v) is 6.27. The Labute approximate surface area is 97.0 Å². The molecule has 0 spiro atoms. The summed E-state index contributed by atoms with van der Waals surface area (Å²) in [6.07, 6.45) is 0. The van der Waals surface area contributed by atoms with Crippen LogP contribution in [0, 0.1) is 17.1 Å². The van der Waals surface area contributed by atoms with Gasteiger partial charge in [-0.25, -0.2) is 12.8 Å². The van der Waals surface area contributed by atoms with Gasteiger partial charge in [-0.05, 0) is 6.07 Å². The summed E-state index contributed by atoms with van der Waals surface area (Å²) in [6.45, 7) is 0. The zero-order chi connectivity index (χ0) is 13.1. The molecule has 5 nitrogen and oxygen atoms in total. The van der Waals surface area contributed by atoms with Crippen LogP contribution in [0.2, 0.25) is 0 Å². The molecule has 7 heteroatoms. The Kier molecular flexibility index (Phi) is 3.81. The molecule has 0 amide bonds. The first-order valence-electron chi connectivity index (χ1n) is 4.45. The fourth-order valence-electron chi connectivity index (χ4n) is 1.25. The van der Waals surface area contributed by atoms with Crippen LogP contribution in [0.5, 0.6) is 0 Å². The van der Waals surface area contributed by atoms with E-state index in [2.05, 4.69) is 0 Å². The molecule has 0 unspecified atom stereocenters. The van der Waals surface area contributed by atoms with Crippen molar-refractivity contribution in [3.8, 4) is 6.07 Å². The van der Waals surface area contributed by atoms with E-state index in [1.165, 1.54) is 18.2 Å². The fraction of sp³-hybridized carbons (Fsp3) is 0.200. The topological polar surface area (TPSA) is 95.2 Å². The number of nitriles is 1. The molecule has 17 heavy (non-hydrogen) atoms. The van der Waals surface area contributed by atoms with Gasteiger partial charge in [-0.1, -0.05) is 12.1 Å². The summed E-state index contributed by atoms with van der Waals surface area (Å²) in [6, 6.07) is 5.33. The minimum absolute atomic E-state index is 0.203. The second kappa shape index (κ2) is 4.93. The summed E-state index contributed by atoms with van der Waals surface area (Å²) in [5.41, 5.74) is -0.474. The summed E-state index contributed by atoms with van der Waals surface area (Å²) < 4.78 is 36.2. The van der Waals surface area contributed by atoms with Crippen LogP contribution < -0.4 is 0 Å². The van der Waals surface area contributed by atoms with Crippen LogP contribution in [-0.2, 0) is 20.4 Å². The number of hydrogen-bond acceptors (Lipinski definition) is 4. The van der Waals surface area contributed by atoms with Gasteiger partial charge in [0, 0.05) is 5.56 Å². The molecule has 1 N–H and O–H groups in total. The molecule has 0 aliphatic carbocycles. The number of nitrogens with zero attached hydrogens (tertiary/aromatic N) is 1. The quantitative estimate of drug-likeness (QED) is 0.856. The van der Waals surface area contributed by atoms with E-state index >= 15 is 0 Å². The van der Waals surface area contributed by atoms with E-state index in [0.29, 0.717) is 0 Å². The van der Waals surface area contributed by atoms with Crippen LogP contribution in [0.1, 0.15) is 11.1 Å². The number of halogens is 1. The van der Waals surface area contributed by atoms with Gasteiger partial charge < -0.3 is 5.11 Å². The fourth-order valence-corrected chi connectivity index (χ4v) is 2.43. The Balaban J connectivity index is 3.05. The third-order valence-corrected chi connectivity index (χ3v) is 3.36. The van der Waals surface area contributed by atoms with Crippen molar-refractivity contribution in [2.24, 2.45) is 0 Å². The highest BCUT2D eigenvalue weighted by atomic mass is 32.2. The molecule has 0 fully saturated rings. The molecule has 1 rings (SSSR count). The third-order valence-electron chi connectivity index (χ3n) is 1.92. The van der Waals surface area contributed by atoms with Crippen molar-refractivity contribution in [1.29, 1.82) is 5.26 Å². The van der Waals surface area contributed by atoms with Crippen LogP contribution in [0.25, 0.3) is 0 Å². The molecule has 1 aromatic carbocycles. The summed E-state index contributed by atoms with van der Waals surface area (Å²) >= 11 is 0. The monoisotopic (exact) mass is 257 g/mol. The number of aliphatic carboxylic acids is 1. The molecule has 0 aliphatic rings. The second-order valence-corrected chi connectivity index (χ2v) is 5.38. The molecule has 0 saturated heterocycles. The Bertz CT molecular complexity index is 589. The van der Waals surface area contributed by atoms with E-state index < -0.39 is 33.1 Å². The van der Waals surface area contributed by atoms with E-state index in [-0.39, 0.29) is 11.1 Å². The maximum absolute atomic E-state index is 13.5. The predicted octanol–water partition coefficient (Wildman–Crippen LogP) is 0.697. The molecule has 0 heterocycles. The average Bonchev–Trinajstić information content (AvgIpc) is 2.19. The van der Waals surface area contributed by atoms with Crippen molar-refractivity contribution >= 4 is 15.8 Å². The third kappa shape index (κ3) is 3.53. The van der Waals surface area contributed by atoms with Crippen LogP contribution in [-0.4, -0.2) is 25.2 Å². The van der Waals surface area contributed by atoms with Gasteiger partial charge in [0.25, 0.3) is 0 Å². The van der Waals surface area contributed by atoms with Gasteiger partial charge in [0.1, 0.15) is 17.6 Å². The highest BCUT2D eigenvalue weighted by molar-refractivity contribution is 7.91. The lowest BCUT2D eigenvalue weighted by Crippen LogP contribution is -2.17. The minimum atomic E-state index is -3.93. The molecular formula is C10H8FNO4S. The number of hydrogen-bond donors (Lipinski definition) is 1. The molecular weight excluding hydrogens is 249 g/mol. The number of carboxylic acid groups (broad SMARTS) is 1. The van der Waals surface area contributed by atoms with Gasteiger partial charge in [-0.15, -0.1) is 0 Å². The Morgan fingerprint density at radius 2 is 2.12 bits per heavy atom. The first-order chi connectivity index (χ1) is 7.85. The molecule has 1 aromatic rings. The first kappa shape index (κ1) is 13.1. The summed E-state index contributed by atoms with van der Waals surface area (Å²) in [4.78, 5) is 10.3. The molecule has 0 bridgehead atoms. The van der Waals surface area contributed by atoms with E-state index in [1.807, 2.05) is 0 Å². The Morgan fingerprint density at radius 1 is 1.47 bits per heavy atom. The zero-order valence-electron chi connectivity index (χ0n) is 8.55. The number of sulfone groups is 1. The summed E-state index contributed by atoms with van der Waals surface area (Å²) in [5, 5.41) is 16.9. The van der Waals surface area contributed by atoms with Gasteiger partial charge in [0.2, 0.25) is 0 Å². The summed E-state index contributed by atoms with van der Waals surface area (Å²) in [5.74, 6) is -4.23. The Morgan fingerprint density at radius 3 is 2.65 bits per heavy atom. The Hall–Kier alpha value is -1.94. The standard InChI is InChI=1S/C10H8FNO4S/c11-10-7(4-12)2-1-3-8(10)5-17(15,16)6-9(13)14/h1-3H,5-6H2,(H,13,14). The van der Waals surface area contributed by atoms with Crippen molar-refractivity contribution in [3.63, 3.8) is 0 Å². The van der Waals surface area contributed by atoms with Crippen LogP contribution in [0.3, 0.4) is 0 Å². The molecule has 0 atom stereocenters. The van der Waals surface area contributed by atoms with E-state index in [9.17, 15) is 17.6 Å². The second-order valence-electron chi connectivity index (χ2n) is 3.32. The smallest absolute Gasteiger partial charge is 0.318 e. The zero-order valence-corrected chi connectivity index (χ0v) is 9.37. The molecule has 0 saturated carbocycles. The summed E-state index contributed by atoms with van der Waals surface area (Å²) in [7, 11) is -3.93. The maximum Gasteiger partial charge on any atom is 0.318 e. The highest BCUT2D eigenvalue weighted by Crippen LogP contribution is 2.15. The van der Waals surface area contributed by atoms with Crippen molar-refractivity contribution in [1.82, 2.24) is 0 Å². The predicted molar refractivity (Wildman–Crippen MR) is 56.2 cm³/mol. The van der Waals surface area contributed by atoms with Crippen LogP contribution >= 0.6 is 0 Å².